The fraction of sp³-hybridized carbons (Fsp3) is 0.500. The molecule has 7 unspecified atom stereocenters. The van der Waals surface area contributed by atoms with Crippen molar-refractivity contribution < 1.29 is 19.8 Å². The fourth-order valence-electron chi connectivity index (χ4n) is 5.27. The van der Waals surface area contributed by atoms with Gasteiger partial charge in [-0.3, -0.25) is 9.59 Å². The molecule has 7 heteroatoms. The van der Waals surface area contributed by atoms with Crippen molar-refractivity contribution in [1.29, 1.82) is 0 Å². The maximum absolute atomic E-state index is 12.9. The van der Waals surface area contributed by atoms with Crippen LogP contribution in [0.3, 0.4) is 0 Å². The van der Waals surface area contributed by atoms with Gasteiger partial charge in [0.1, 0.15) is 0 Å². The lowest BCUT2D eigenvalue weighted by Crippen LogP contribution is -2.54. The molecule has 0 aromatic heterocycles. The first kappa shape index (κ1) is 22.2. The van der Waals surface area contributed by atoms with E-state index in [4.69, 9.17) is 0 Å². The van der Waals surface area contributed by atoms with E-state index in [0.29, 0.717) is 36.8 Å². The maximum atomic E-state index is 12.9. The van der Waals surface area contributed by atoms with Crippen molar-refractivity contribution in [3.8, 4) is 0 Å². The number of halogens is 1. The van der Waals surface area contributed by atoms with Gasteiger partial charge in [-0.1, -0.05) is 52.4 Å². The van der Waals surface area contributed by atoms with Gasteiger partial charge in [-0.15, -0.1) is 0 Å². The Morgan fingerprint density at radius 3 is 2.58 bits per heavy atom. The Morgan fingerprint density at radius 2 is 1.84 bits per heavy atom. The Morgan fingerprint density at radius 1 is 1.13 bits per heavy atom. The molecule has 7 atom stereocenters. The van der Waals surface area contributed by atoms with Crippen LogP contribution in [0.25, 0.3) is 0 Å². The number of carbonyl (C=O) groups excluding carboxylic acids is 2. The number of allylic oxidation sites excluding steroid dienone is 4. The van der Waals surface area contributed by atoms with Crippen LogP contribution in [0.4, 0.5) is 0 Å². The van der Waals surface area contributed by atoms with E-state index in [2.05, 4.69) is 45.6 Å². The number of piperidine rings is 1. The quantitative estimate of drug-likeness (QED) is 0.593. The molecule has 1 heterocycles. The van der Waals surface area contributed by atoms with Crippen LogP contribution in [-0.2, 0) is 9.59 Å². The highest BCUT2D eigenvalue weighted by Crippen LogP contribution is 2.48. The summed E-state index contributed by atoms with van der Waals surface area (Å²) in [5, 5.41) is 23.5. The van der Waals surface area contributed by atoms with Crippen molar-refractivity contribution >= 4 is 27.7 Å². The van der Waals surface area contributed by atoms with Gasteiger partial charge in [0.05, 0.1) is 6.04 Å². The molecule has 1 saturated heterocycles. The number of nitrogens with zero attached hydrogens (tertiary/aromatic N) is 1. The Balaban J connectivity index is 1.35. The van der Waals surface area contributed by atoms with E-state index in [-0.39, 0.29) is 6.04 Å². The van der Waals surface area contributed by atoms with Gasteiger partial charge >= 0.3 is 0 Å². The molecule has 1 aromatic rings. The van der Waals surface area contributed by atoms with Gasteiger partial charge in [-0.05, 0) is 61.1 Å². The fourth-order valence-corrected chi connectivity index (χ4v) is 5.54. The van der Waals surface area contributed by atoms with Crippen molar-refractivity contribution in [3.63, 3.8) is 0 Å². The molecule has 1 aromatic carbocycles. The molecule has 0 bridgehead atoms. The molecular formula is C24H29BrN2O4. The summed E-state index contributed by atoms with van der Waals surface area (Å²) < 4.78 is 0.924. The van der Waals surface area contributed by atoms with Gasteiger partial charge in [-0.25, -0.2) is 0 Å². The molecule has 166 valence electrons. The molecule has 3 aliphatic rings. The van der Waals surface area contributed by atoms with Gasteiger partial charge in [0.15, 0.2) is 12.2 Å². The van der Waals surface area contributed by atoms with Crippen molar-refractivity contribution in [2.24, 2.45) is 23.7 Å². The lowest BCUT2D eigenvalue weighted by Gasteiger charge is -2.38. The Labute approximate surface area is 191 Å². The van der Waals surface area contributed by atoms with Crippen LogP contribution < -0.4 is 5.32 Å². The minimum atomic E-state index is -1.81. The van der Waals surface area contributed by atoms with Crippen LogP contribution >= 0.6 is 15.9 Å². The van der Waals surface area contributed by atoms with E-state index in [0.717, 1.165) is 22.9 Å². The average Bonchev–Trinajstić information content (AvgIpc) is 3.15. The van der Waals surface area contributed by atoms with Crippen molar-refractivity contribution in [3.05, 3.63) is 58.6 Å². The second-order valence-electron chi connectivity index (χ2n) is 8.92. The lowest BCUT2D eigenvalue weighted by atomic mass is 9.81. The van der Waals surface area contributed by atoms with Crippen molar-refractivity contribution in [2.45, 2.75) is 38.0 Å². The molecule has 4 rings (SSSR count). The molecule has 3 N–H and O–H groups in total. The van der Waals surface area contributed by atoms with Crippen LogP contribution in [0.2, 0.25) is 0 Å². The first-order chi connectivity index (χ1) is 14.8. The number of rotatable bonds is 5. The molecule has 0 radical (unpaired) electrons. The van der Waals surface area contributed by atoms with Crippen molar-refractivity contribution in [1.82, 2.24) is 10.2 Å². The number of carbonyl (C=O) groups is 2. The first-order valence-electron chi connectivity index (χ1n) is 10.9. The molecular weight excluding hydrogens is 460 g/mol. The van der Waals surface area contributed by atoms with E-state index >= 15 is 0 Å². The van der Waals surface area contributed by atoms with Crippen LogP contribution in [-0.4, -0.2) is 52.2 Å². The molecule has 0 spiro atoms. The maximum Gasteiger partial charge on any atom is 0.254 e. The Hall–Kier alpha value is -1.96. The number of hydrogen-bond acceptors (Lipinski definition) is 4. The van der Waals surface area contributed by atoms with Gasteiger partial charge in [-0.2, -0.15) is 0 Å². The molecule has 6 nitrogen and oxygen atoms in total. The number of benzene rings is 1. The van der Waals surface area contributed by atoms with Crippen LogP contribution in [0.5, 0.6) is 0 Å². The summed E-state index contributed by atoms with van der Waals surface area (Å²) in [7, 11) is 0. The molecule has 1 saturated carbocycles. The second-order valence-corrected chi connectivity index (χ2v) is 9.83. The number of likely N-dealkylation sites (tertiary alicyclic amines) is 1. The Kier molecular flexibility index (Phi) is 6.65. The van der Waals surface area contributed by atoms with Gasteiger partial charge in [0.2, 0.25) is 0 Å². The third-order valence-electron chi connectivity index (χ3n) is 7.03. The Bertz CT molecular complexity index is 884. The number of aliphatic hydroxyl groups is 2. The van der Waals surface area contributed by atoms with Crippen LogP contribution in [0.15, 0.2) is 53.0 Å². The predicted molar refractivity (Wildman–Crippen MR) is 121 cm³/mol. The topological polar surface area (TPSA) is 89.9 Å². The minimum absolute atomic E-state index is 0.361. The SMILES string of the molecule is CC(NC(=O)C(O)C(O)C(=O)N1CCC2CC3C=CC=CC3C2C1)c1ccc(Br)cc1. The zero-order valence-electron chi connectivity index (χ0n) is 17.5. The normalized spacial score (nSPS) is 29.6. The van der Waals surface area contributed by atoms with Crippen LogP contribution in [0, 0.1) is 23.7 Å². The number of fused-ring (bicyclic) bond motifs is 3. The van der Waals surface area contributed by atoms with E-state index in [1.807, 2.05) is 24.3 Å². The summed E-state index contributed by atoms with van der Waals surface area (Å²) in [6.45, 7) is 2.90. The first-order valence-corrected chi connectivity index (χ1v) is 11.7. The standard InChI is InChI=1S/C24H29BrN2O4/c1-14(15-6-8-18(25)9-7-15)26-23(30)21(28)22(29)24(31)27-11-10-17-12-16-4-2-3-5-19(16)20(17)13-27/h2-9,14,16-17,19-22,28-29H,10-13H2,1H3,(H,26,30). The van der Waals surface area contributed by atoms with Gasteiger partial charge in [0.25, 0.3) is 11.8 Å². The predicted octanol–water partition coefficient (Wildman–Crippen LogP) is 2.57. The average molecular weight is 489 g/mol. The second kappa shape index (κ2) is 9.27. The third kappa shape index (κ3) is 4.64. The summed E-state index contributed by atoms with van der Waals surface area (Å²) in [6.07, 6.45) is 7.09. The summed E-state index contributed by atoms with van der Waals surface area (Å²) in [4.78, 5) is 27.0. The third-order valence-corrected chi connectivity index (χ3v) is 7.56. The minimum Gasteiger partial charge on any atom is -0.380 e. The smallest absolute Gasteiger partial charge is 0.254 e. The monoisotopic (exact) mass is 488 g/mol. The number of nitrogens with one attached hydrogen (secondary N) is 1. The highest BCUT2D eigenvalue weighted by atomic mass is 79.9. The summed E-state index contributed by atoms with van der Waals surface area (Å²) >= 11 is 3.37. The summed E-state index contributed by atoms with van der Waals surface area (Å²) in [6, 6.07) is 7.07. The largest absolute Gasteiger partial charge is 0.380 e. The van der Waals surface area contributed by atoms with E-state index in [1.165, 1.54) is 0 Å². The lowest BCUT2D eigenvalue weighted by molar-refractivity contribution is -0.155. The molecule has 2 fully saturated rings. The van der Waals surface area contributed by atoms with Crippen molar-refractivity contribution in [2.75, 3.05) is 13.1 Å². The summed E-state index contributed by atoms with van der Waals surface area (Å²) in [5.74, 6) is 0.547. The van der Waals surface area contributed by atoms with E-state index in [9.17, 15) is 19.8 Å². The van der Waals surface area contributed by atoms with Gasteiger partial charge < -0.3 is 20.4 Å². The molecule has 2 amide bonds. The highest BCUT2D eigenvalue weighted by Gasteiger charge is 2.46. The number of aliphatic hydroxyl groups excluding tert-OH is 2. The molecule has 2 aliphatic carbocycles. The van der Waals surface area contributed by atoms with E-state index < -0.39 is 24.0 Å². The van der Waals surface area contributed by atoms with E-state index in [1.54, 1.807) is 11.8 Å². The zero-order chi connectivity index (χ0) is 22.1. The molecule has 1 aliphatic heterocycles. The number of hydrogen-bond donors (Lipinski definition) is 3. The van der Waals surface area contributed by atoms with Gasteiger partial charge in [0, 0.05) is 17.6 Å². The molecule has 31 heavy (non-hydrogen) atoms. The number of amides is 2. The zero-order valence-corrected chi connectivity index (χ0v) is 19.1. The van der Waals surface area contributed by atoms with Crippen LogP contribution in [0.1, 0.15) is 31.4 Å². The summed E-state index contributed by atoms with van der Waals surface area (Å²) in [5.41, 5.74) is 0.858. The highest BCUT2D eigenvalue weighted by molar-refractivity contribution is 9.10.